The van der Waals surface area contributed by atoms with Crippen molar-refractivity contribution in [2.45, 2.75) is 20.8 Å². The summed E-state index contributed by atoms with van der Waals surface area (Å²) in [6, 6.07) is 5.58. The fourth-order valence-corrected chi connectivity index (χ4v) is 3.53. The van der Waals surface area contributed by atoms with Gasteiger partial charge in [0.15, 0.2) is 0 Å². The molecule has 0 saturated heterocycles. The molecule has 0 aliphatic heterocycles. The molecule has 0 radical (unpaired) electrons. The molecule has 0 saturated carbocycles. The number of aromatic nitrogens is 3. The second-order valence-corrected chi connectivity index (χ2v) is 6.58. The molecule has 0 aliphatic rings. The third kappa shape index (κ3) is 1.85. The van der Waals surface area contributed by atoms with Crippen LogP contribution in [0, 0.1) is 20.8 Å². The first-order chi connectivity index (χ1) is 10.9. The largest absolute Gasteiger partial charge is 0.322 e. The second kappa shape index (κ2) is 4.73. The fraction of sp³-hybridized carbons (Fsp3) is 0.176. The summed E-state index contributed by atoms with van der Waals surface area (Å²) >= 11 is 13.0. The average Bonchev–Trinajstić information content (AvgIpc) is 2.90. The van der Waals surface area contributed by atoms with Crippen LogP contribution in [0.5, 0.6) is 0 Å². The smallest absolute Gasteiger partial charge is 0.267 e. The van der Waals surface area contributed by atoms with Crippen molar-refractivity contribution in [2.75, 3.05) is 0 Å². The Hall–Kier alpha value is -2.04. The third-order valence-corrected chi connectivity index (χ3v) is 5.31. The average molecular weight is 346 g/mol. The van der Waals surface area contributed by atoms with Crippen LogP contribution < -0.4 is 5.56 Å². The molecule has 2 heterocycles. The third-order valence-electron chi connectivity index (χ3n) is 4.37. The SMILES string of the molecule is Cc1ccc2c(=O)n3c(nc2c1)[nH]c1c(Cl)c(C)c(C)c(Cl)c13. The van der Waals surface area contributed by atoms with Crippen LogP contribution in [-0.4, -0.2) is 14.4 Å². The monoisotopic (exact) mass is 345 g/mol. The number of H-pyrrole nitrogens is 1. The minimum absolute atomic E-state index is 0.155. The van der Waals surface area contributed by atoms with Crippen LogP contribution in [0.1, 0.15) is 16.7 Å². The molecule has 2 aromatic carbocycles. The summed E-state index contributed by atoms with van der Waals surface area (Å²) in [4.78, 5) is 20.6. The van der Waals surface area contributed by atoms with Gasteiger partial charge in [-0.1, -0.05) is 29.3 Å². The topological polar surface area (TPSA) is 50.2 Å². The highest BCUT2D eigenvalue weighted by atomic mass is 35.5. The van der Waals surface area contributed by atoms with Crippen LogP contribution in [0.4, 0.5) is 0 Å². The number of nitrogens with one attached hydrogen (secondary N) is 1. The summed E-state index contributed by atoms with van der Waals surface area (Å²) in [5.41, 5.74) is 4.52. The molecule has 2 aromatic heterocycles. The van der Waals surface area contributed by atoms with Gasteiger partial charge in [0.25, 0.3) is 5.56 Å². The maximum Gasteiger partial charge on any atom is 0.267 e. The summed E-state index contributed by atoms with van der Waals surface area (Å²) < 4.78 is 1.51. The van der Waals surface area contributed by atoms with Crippen LogP contribution in [0.2, 0.25) is 10.0 Å². The summed E-state index contributed by atoms with van der Waals surface area (Å²) in [5, 5.41) is 1.63. The summed E-state index contributed by atoms with van der Waals surface area (Å²) in [7, 11) is 0. The van der Waals surface area contributed by atoms with Crippen molar-refractivity contribution in [3.05, 3.63) is 55.3 Å². The number of benzene rings is 2. The Balaban J connectivity index is 2.35. The van der Waals surface area contributed by atoms with Crippen molar-refractivity contribution < 1.29 is 0 Å². The minimum Gasteiger partial charge on any atom is -0.322 e. The molecule has 0 unspecified atom stereocenters. The number of imidazole rings is 1. The van der Waals surface area contributed by atoms with Gasteiger partial charge in [-0.05, 0) is 49.6 Å². The number of fused-ring (bicyclic) bond motifs is 4. The van der Waals surface area contributed by atoms with Crippen LogP contribution in [0.3, 0.4) is 0 Å². The van der Waals surface area contributed by atoms with Gasteiger partial charge < -0.3 is 4.98 Å². The van der Waals surface area contributed by atoms with Crippen LogP contribution in [0.25, 0.3) is 27.7 Å². The first kappa shape index (κ1) is 14.5. The van der Waals surface area contributed by atoms with Gasteiger partial charge in [-0.2, -0.15) is 0 Å². The Morgan fingerprint density at radius 3 is 2.52 bits per heavy atom. The first-order valence-electron chi connectivity index (χ1n) is 7.19. The Morgan fingerprint density at radius 2 is 1.78 bits per heavy atom. The van der Waals surface area contributed by atoms with Gasteiger partial charge in [-0.25, -0.2) is 9.38 Å². The quantitative estimate of drug-likeness (QED) is 0.507. The van der Waals surface area contributed by atoms with E-state index >= 15 is 0 Å². The summed E-state index contributed by atoms with van der Waals surface area (Å²) in [5.74, 6) is 0.442. The predicted molar refractivity (Wildman–Crippen MR) is 95.1 cm³/mol. The van der Waals surface area contributed by atoms with E-state index in [1.807, 2.05) is 32.9 Å². The van der Waals surface area contributed by atoms with Crippen molar-refractivity contribution in [1.29, 1.82) is 0 Å². The lowest BCUT2D eigenvalue weighted by Gasteiger charge is -2.07. The zero-order valence-corrected chi connectivity index (χ0v) is 14.3. The van der Waals surface area contributed by atoms with Gasteiger partial charge in [0.05, 0.1) is 32.0 Å². The molecular formula is C17H13Cl2N3O. The maximum atomic E-state index is 12.9. The van der Waals surface area contributed by atoms with E-state index < -0.39 is 0 Å². The molecule has 0 atom stereocenters. The van der Waals surface area contributed by atoms with Crippen molar-refractivity contribution in [2.24, 2.45) is 0 Å². The van der Waals surface area contributed by atoms with Crippen LogP contribution in [-0.2, 0) is 0 Å². The molecule has 0 spiro atoms. The van der Waals surface area contributed by atoms with E-state index in [9.17, 15) is 4.79 Å². The molecule has 116 valence electrons. The maximum absolute atomic E-state index is 12.9. The molecule has 0 amide bonds. The number of hydrogen-bond donors (Lipinski definition) is 1. The van der Waals surface area contributed by atoms with Gasteiger partial charge >= 0.3 is 0 Å². The number of aryl methyl sites for hydroxylation is 1. The van der Waals surface area contributed by atoms with Gasteiger partial charge in [-0.3, -0.25) is 4.79 Å². The van der Waals surface area contributed by atoms with E-state index in [1.165, 1.54) is 4.40 Å². The lowest BCUT2D eigenvalue weighted by atomic mass is 10.1. The van der Waals surface area contributed by atoms with Crippen LogP contribution >= 0.6 is 23.2 Å². The van der Waals surface area contributed by atoms with Gasteiger partial charge in [0.2, 0.25) is 5.78 Å². The van der Waals surface area contributed by atoms with E-state index in [0.29, 0.717) is 37.8 Å². The lowest BCUT2D eigenvalue weighted by Crippen LogP contribution is -2.14. The van der Waals surface area contributed by atoms with Gasteiger partial charge in [0, 0.05) is 0 Å². The molecule has 4 nitrogen and oxygen atoms in total. The first-order valence-corrected chi connectivity index (χ1v) is 7.94. The number of nitrogens with zero attached hydrogens (tertiary/aromatic N) is 2. The normalized spacial score (nSPS) is 11.9. The molecule has 6 heteroatoms. The van der Waals surface area contributed by atoms with Crippen LogP contribution in [0.15, 0.2) is 23.0 Å². The molecule has 4 rings (SSSR count). The van der Waals surface area contributed by atoms with Crippen molar-refractivity contribution >= 4 is 50.9 Å². The highest BCUT2D eigenvalue weighted by molar-refractivity contribution is 6.41. The minimum atomic E-state index is -0.155. The second-order valence-electron chi connectivity index (χ2n) is 5.82. The molecule has 0 fully saturated rings. The lowest BCUT2D eigenvalue weighted by molar-refractivity contribution is 1.12. The molecule has 4 aromatic rings. The Labute approximate surface area is 141 Å². The standard InChI is InChI=1S/C17H13Cl2N3O/c1-7-4-5-10-11(6-7)20-17-21-14-12(18)8(2)9(3)13(19)15(14)22(17)16(10)23/h4-6H,1-3H3,(H,20,21). The summed E-state index contributed by atoms with van der Waals surface area (Å²) in [6.45, 7) is 5.77. The van der Waals surface area contributed by atoms with Gasteiger partial charge in [-0.15, -0.1) is 0 Å². The zero-order valence-electron chi connectivity index (χ0n) is 12.8. The highest BCUT2D eigenvalue weighted by Crippen LogP contribution is 2.36. The Morgan fingerprint density at radius 1 is 1.09 bits per heavy atom. The molecule has 23 heavy (non-hydrogen) atoms. The van der Waals surface area contributed by atoms with Crippen molar-refractivity contribution in [3.63, 3.8) is 0 Å². The number of rotatable bonds is 0. The Kier molecular flexibility index (Phi) is 2.99. The number of aromatic amines is 1. The van der Waals surface area contributed by atoms with E-state index in [0.717, 1.165) is 16.7 Å². The zero-order chi connectivity index (χ0) is 16.5. The molecular weight excluding hydrogens is 333 g/mol. The Bertz CT molecular complexity index is 1190. The highest BCUT2D eigenvalue weighted by Gasteiger charge is 2.19. The number of hydrogen-bond acceptors (Lipinski definition) is 2. The summed E-state index contributed by atoms with van der Waals surface area (Å²) in [6.07, 6.45) is 0. The van der Waals surface area contributed by atoms with Crippen molar-refractivity contribution in [3.8, 4) is 0 Å². The molecule has 0 bridgehead atoms. The number of halogens is 2. The molecule has 0 aliphatic carbocycles. The van der Waals surface area contributed by atoms with E-state index in [2.05, 4.69) is 9.97 Å². The van der Waals surface area contributed by atoms with E-state index in [4.69, 9.17) is 23.2 Å². The molecule has 1 N–H and O–H groups in total. The van der Waals surface area contributed by atoms with Gasteiger partial charge in [0.1, 0.15) is 0 Å². The van der Waals surface area contributed by atoms with E-state index in [1.54, 1.807) is 6.07 Å². The predicted octanol–water partition coefficient (Wildman–Crippen LogP) is 4.56. The fourth-order valence-electron chi connectivity index (χ4n) is 2.93. The van der Waals surface area contributed by atoms with Crippen molar-refractivity contribution in [1.82, 2.24) is 14.4 Å². The van der Waals surface area contributed by atoms with E-state index in [-0.39, 0.29) is 5.56 Å².